The second-order valence-corrected chi connectivity index (χ2v) is 8.61. The number of ether oxygens (including phenoxy) is 2. The molecule has 1 unspecified atom stereocenters. The van der Waals surface area contributed by atoms with Gasteiger partial charge < -0.3 is 25.4 Å². The zero-order valence-electron chi connectivity index (χ0n) is 18.0. The van der Waals surface area contributed by atoms with Crippen LogP contribution in [0.2, 0.25) is 0 Å². The Morgan fingerprint density at radius 1 is 0.875 bits per heavy atom. The first-order valence-electron chi connectivity index (χ1n) is 9.91. The van der Waals surface area contributed by atoms with E-state index >= 15 is 0 Å². The lowest BCUT2D eigenvalue weighted by Crippen LogP contribution is -2.22. The number of thioether (sulfide) groups is 1. The van der Waals surface area contributed by atoms with Crippen LogP contribution in [-0.2, 0) is 4.79 Å². The van der Waals surface area contributed by atoms with E-state index in [1.807, 2.05) is 61.5 Å². The zero-order chi connectivity index (χ0) is 22.9. The van der Waals surface area contributed by atoms with Gasteiger partial charge in [0.25, 0.3) is 0 Å². The minimum absolute atomic E-state index is 0.117. The standard InChI is InChI=1S/C24H25N3O3S2/c1-16(23(28)27-21-14-11-19(29-2)15-22(21)30-3)32-20-12-9-18(10-13-20)26-24(31)25-17-7-5-4-6-8-17/h4-16H,1-3H3,(H,27,28)(H2,25,26,31). The lowest BCUT2D eigenvalue weighted by Gasteiger charge is -2.15. The number of benzene rings is 3. The van der Waals surface area contributed by atoms with Crippen molar-refractivity contribution in [1.82, 2.24) is 0 Å². The van der Waals surface area contributed by atoms with Gasteiger partial charge in [0.05, 0.1) is 25.2 Å². The van der Waals surface area contributed by atoms with Gasteiger partial charge in [-0.25, -0.2) is 0 Å². The minimum atomic E-state index is -0.304. The maximum absolute atomic E-state index is 12.7. The third-order valence-electron chi connectivity index (χ3n) is 4.49. The van der Waals surface area contributed by atoms with Gasteiger partial charge in [0, 0.05) is 22.3 Å². The number of carbonyl (C=O) groups excluding carboxylic acids is 1. The maximum Gasteiger partial charge on any atom is 0.237 e. The first-order chi connectivity index (χ1) is 15.5. The van der Waals surface area contributed by atoms with E-state index in [9.17, 15) is 4.79 Å². The van der Waals surface area contributed by atoms with E-state index in [0.29, 0.717) is 22.3 Å². The first kappa shape index (κ1) is 23.4. The predicted molar refractivity (Wildman–Crippen MR) is 136 cm³/mol. The molecule has 0 heterocycles. The Labute approximate surface area is 197 Å². The molecule has 3 rings (SSSR count). The van der Waals surface area contributed by atoms with Gasteiger partial charge in [0.15, 0.2) is 5.11 Å². The summed E-state index contributed by atoms with van der Waals surface area (Å²) in [4.78, 5) is 13.6. The molecule has 6 nitrogen and oxygen atoms in total. The minimum Gasteiger partial charge on any atom is -0.497 e. The van der Waals surface area contributed by atoms with Crippen molar-refractivity contribution in [1.29, 1.82) is 0 Å². The second-order valence-electron chi connectivity index (χ2n) is 6.79. The summed E-state index contributed by atoms with van der Waals surface area (Å²) >= 11 is 6.82. The normalized spacial score (nSPS) is 11.2. The van der Waals surface area contributed by atoms with Crippen molar-refractivity contribution in [3.8, 4) is 11.5 Å². The maximum atomic E-state index is 12.7. The van der Waals surface area contributed by atoms with E-state index in [0.717, 1.165) is 16.3 Å². The number of hydrogen-bond donors (Lipinski definition) is 3. The van der Waals surface area contributed by atoms with Gasteiger partial charge in [0.1, 0.15) is 11.5 Å². The highest BCUT2D eigenvalue weighted by atomic mass is 32.2. The number of nitrogens with one attached hydrogen (secondary N) is 3. The Kier molecular flexibility index (Phi) is 8.35. The molecule has 3 aromatic carbocycles. The number of methoxy groups -OCH3 is 2. The fraction of sp³-hybridized carbons (Fsp3) is 0.167. The van der Waals surface area contributed by atoms with Gasteiger partial charge in [-0.05, 0) is 67.7 Å². The number of thiocarbonyl (C=S) groups is 1. The van der Waals surface area contributed by atoms with Crippen molar-refractivity contribution in [3.63, 3.8) is 0 Å². The monoisotopic (exact) mass is 467 g/mol. The molecule has 1 amide bonds. The van der Waals surface area contributed by atoms with E-state index in [2.05, 4.69) is 16.0 Å². The highest BCUT2D eigenvalue weighted by molar-refractivity contribution is 8.00. The predicted octanol–water partition coefficient (Wildman–Crippen LogP) is 5.63. The average molecular weight is 468 g/mol. The second kappa shape index (κ2) is 11.4. The molecule has 0 bridgehead atoms. The van der Waals surface area contributed by atoms with Crippen LogP contribution in [0.3, 0.4) is 0 Å². The van der Waals surface area contributed by atoms with Crippen LogP contribution in [0.15, 0.2) is 77.7 Å². The molecular formula is C24H25N3O3S2. The van der Waals surface area contributed by atoms with E-state index in [4.69, 9.17) is 21.7 Å². The zero-order valence-corrected chi connectivity index (χ0v) is 19.7. The molecule has 0 fully saturated rings. The summed E-state index contributed by atoms with van der Waals surface area (Å²) in [6.07, 6.45) is 0. The highest BCUT2D eigenvalue weighted by Gasteiger charge is 2.17. The van der Waals surface area contributed by atoms with Crippen molar-refractivity contribution < 1.29 is 14.3 Å². The molecule has 0 aliphatic heterocycles. The summed E-state index contributed by atoms with van der Waals surface area (Å²) in [5, 5.41) is 9.41. The molecule has 8 heteroatoms. The Morgan fingerprint density at radius 3 is 2.16 bits per heavy atom. The fourth-order valence-corrected chi connectivity index (χ4v) is 3.93. The van der Waals surface area contributed by atoms with Crippen molar-refractivity contribution >= 4 is 52.1 Å². The molecule has 3 N–H and O–H groups in total. The largest absolute Gasteiger partial charge is 0.497 e. The summed E-state index contributed by atoms with van der Waals surface area (Å²) < 4.78 is 10.5. The average Bonchev–Trinajstić information content (AvgIpc) is 2.81. The smallest absolute Gasteiger partial charge is 0.237 e. The van der Waals surface area contributed by atoms with Gasteiger partial charge in [0.2, 0.25) is 5.91 Å². The van der Waals surface area contributed by atoms with E-state index < -0.39 is 0 Å². The number of anilines is 3. The van der Waals surface area contributed by atoms with E-state index in [1.54, 1.807) is 32.4 Å². The fourth-order valence-electron chi connectivity index (χ4n) is 2.83. The molecule has 0 saturated heterocycles. The summed E-state index contributed by atoms with van der Waals surface area (Å²) in [6, 6.07) is 22.8. The van der Waals surface area contributed by atoms with Crippen LogP contribution >= 0.6 is 24.0 Å². The van der Waals surface area contributed by atoms with Gasteiger partial charge in [-0.1, -0.05) is 18.2 Å². The van der Waals surface area contributed by atoms with Crippen LogP contribution < -0.4 is 25.4 Å². The topological polar surface area (TPSA) is 71.6 Å². The molecule has 3 aromatic rings. The van der Waals surface area contributed by atoms with Crippen LogP contribution in [0.4, 0.5) is 17.1 Å². The van der Waals surface area contributed by atoms with E-state index in [1.165, 1.54) is 11.8 Å². The summed E-state index contributed by atoms with van der Waals surface area (Å²) in [7, 11) is 3.14. The van der Waals surface area contributed by atoms with Crippen LogP contribution in [0, 0.1) is 0 Å². The Balaban J connectivity index is 1.54. The lowest BCUT2D eigenvalue weighted by molar-refractivity contribution is -0.115. The van der Waals surface area contributed by atoms with Crippen LogP contribution in [0.1, 0.15) is 6.92 Å². The molecule has 0 aliphatic carbocycles. The number of amides is 1. The van der Waals surface area contributed by atoms with Crippen LogP contribution in [0.5, 0.6) is 11.5 Å². The van der Waals surface area contributed by atoms with Gasteiger partial charge in [-0.3, -0.25) is 4.79 Å². The van der Waals surface area contributed by atoms with E-state index in [-0.39, 0.29) is 11.2 Å². The number of para-hydroxylation sites is 1. The summed E-state index contributed by atoms with van der Waals surface area (Å²) in [6.45, 7) is 1.86. The van der Waals surface area contributed by atoms with Crippen LogP contribution in [0.25, 0.3) is 0 Å². The Morgan fingerprint density at radius 2 is 1.53 bits per heavy atom. The SMILES string of the molecule is COc1ccc(NC(=O)C(C)Sc2ccc(NC(=S)Nc3ccccc3)cc2)c(OC)c1. The molecule has 0 aromatic heterocycles. The van der Waals surface area contributed by atoms with Gasteiger partial charge in [-0.2, -0.15) is 0 Å². The van der Waals surface area contributed by atoms with Crippen molar-refractivity contribution in [2.24, 2.45) is 0 Å². The molecule has 166 valence electrons. The summed E-state index contributed by atoms with van der Waals surface area (Å²) in [5.74, 6) is 1.09. The highest BCUT2D eigenvalue weighted by Crippen LogP contribution is 2.31. The van der Waals surface area contributed by atoms with Gasteiger partial charge >= 0.3 is 0 Å². The quantitative estimate of drug-likeness (QED) is 0.293. The number of carbonyl (C=O) groups is 1. The molecule has 1 atom stereocenters. The first-order valence-corrected chi connectivity index (χ1v) is 11.2. The van der Waals surface area contributed by atoms with Crippen molar-refractivity contribution in [2.75, 3.05) is 30.2 Å². The van der Waals surface area contributed by atoms with Crippen LogP contribution in [-0.4, -0.2) is 30.5 Å². The Bertz CT molecular complexity index is 1060. The molecule has 0 saturated carbocycles. The molecule has 0 radical (unpaired) electrons. The molecule has 32 heavy (non-hydrogen) atoms. The van der Waals surface area contributed by atoms with Crippen molar-refractivity contribution in [3.05, 3.63) is 72.8 Å². The third kappa shape index (κ3) is 6.63. The number of hydrogen-bond acceptors (Lipinski definition) is 5. The molecule has 0 spiro atoms. The third-order valence-corrected chi connectivity index (χ3v) is 5.81. The lowest BCUT2D eigenvalue weighted by atomic mass is 10.2. The summed E-state index contributed by atoms with van der Waals surface area (Å²) in [5.41, 5.74) is 2.39. The van der Waals surface area contributed by atoms with Crippen molar-refractivity contribution in [2.45, 2.75) is 17.1 Å². The Hall–Kier alpha value is -3.23. The number of rotatable bonds is 8. The van der Waals surface area contributed by atoms with Gasteiger partial charge in [-0.15, -0.1) is 11.8 Å². The molecular weight excluding hydrogens is 442 g/mol. The molecule has 0 aliphatic rings.